The Hall–Kier alpha value is -4.36. The summed E-state index contributed by atoms with van der Waals surface area (Å²) in [6.07, 6.45) is 10.5. The highest BCUT2D eigenvalue weighted by Crippen LogP contribution is 2.33. The summed E-state index contributed by atoms with van der Waals surface area (Å²) in [6, 6.07) is 14.4. The van der Waals surface area contributed by atoms with Crippen LogP contribution in [-0.2, 0) is 0 Å². The topological polar surface area (TPSA) is 73.5 Å². The molecule has 2 N–H and O–H groups in total. The molecule has 4 aromatic heterocycles. The van der Waals surface area contributed by atoms with Gasteiger partial charge in [0.05, 0.1) is 22.6 Å². The lowest BCUT2D eigenvalue weighted by molar-refractivity contribution is 0.371. The molecule has 7 heteroatoms. The maximum Gasteiger partial charge on any atom is 0.135 e. The van der Waals surface area contributed by atoms with Gasteiger partial charge in [0.15, 0.2) is 0 Å². The minimum atomic E-state index is -0.271. The molecular formula is C31H29FN6. The number of fused-ring (bicyclic) bond motifs is 2. The van der Waals surface area contributed by atoms with Crippen LogP contribution in [0.5, 0.6) is 0 Å². The van der Waals surface area contributed by atoms with E-state index in [1.54, 1.807) is 18.3 Å². The molecule has 0 saturated carbocycles. The first kappa shape index (κ1) is 24.0. The molecule has 5 heterocycles. The molecule has 6 rings (SSSR count). The van der Waals surface area contributed by atoms with Gasteiger partial charge >= 0.3 is 0 Å². The summed E-state index contributed by atoms with van der Waals surface area (Å²) < 4.78 is 13.5. The molecule has 190 valence electrons. The van der Waals surface area contributed by atoms with E-state index in [1.807, 2.05) is 37.3 Å². The van der Waals surface area contributed by atoms with E-state index in [9.17, 15) is 4.39 Å². The Morgan fingerprint density at radius 1 is 1.05 bits per heavy atom. The number of halogens is 1. The molecule has 5 aromatic rings. The van der Waals surface area contributed by atoms with Gasteiger partial charge in [-0.15, -0.1) is 0 Å². The van der Waals surface area contributed by atoms with Crippen molar-refractivity contribution in [1.82, 2.24) is 30.0 Å². The normalized spacial score (nSPS) is 15.1. The number of rotatable bonds is 7. The van der Waals surface area contributed by atoms with Gasteiger partial charge in [0.25, 0.3) is 0 Å². The zero-order valence-corrected chi connectivity index (χ0v) is 21.3. The summed E-state index contributed by atoms with van der Waals surface area (Å²) in [5.74, 6) is -0.271. The van der Waals surface area contributed by atoms with Crippen LogP contribution in [0.3, 0.4) is 0 Å². The van der Waals surface area contributed by atoms with Crippen molar-refractivity contribution in [3.63, 3.8) is 0 Å². The van der Waals surface area contributed by atoms with Crippen LogP contribution in [0.1, 0.15) is 25.5 Å². The monoisotopic (exact) mass is 504 g/mol. The summed E-state index contributed by atoms with van der Waals surface area (Å²) in [5.41, 5.74) is 8.91. The van der Waals surface area contributed by atoms with Crippen LogP contribution in [0.2, 0.25) is 0 Å². The highest BCUT2D eigenvalue weighted by molar-refractivity contribution is 5.99. The molecule has 0 unspecified atom stereocenters. The number of hydrogen-bond donors (Lipinski definition) is 2. The maximum atomic E-state index is 13.5. The van der Waals surface area contributed by atoms with Crippen molar-refractivity contribution < 1.29 is 4.39 Å². The van der Waals surface area contributed by atoms with Gasteiger partial charge in [-0.05, 0) is 98.6 Å². The lowest BCUT2D eigenvalue weighted by Crippen LogP contribution is -2.21. The second-order valence-electron chi connectivity index (χ2n) is 9.63. The van der Waals surface area contributed by atoms with Crippen molar-refractivity contribution >= 4 is 27.5 Å². The summed E-state index contributed by atoms with van der Waals surface area (Å²) >= 11 is 0. The van der Waals surface area contributed by atoms with Crippen molar-refractivity contribution in [2.45, 2.75) is 19.8 Å². The first-order chi connectivity index (χ1) is 18.6. The van der Waals surface area contributed by atoms with E-state index < -0.39 is 0 Å². The fourth-order valence-corrected chi connectivity index (χ4v) is 5.14. The molecule has 1 aliphatic heterocycles. The molecule has 0 amide bonds. The third-order valence-electron chi connectivity index (χ3n) is 7.14. The number of pyridine rings is 2. The number of hydrogen-bond acceptors (Lipinski definition) is 4. The van der Waals surface area contributed by atoms with Crippen LogP contribution in [0, 0.1) is 5.82 Å². The Kier molecular flexibility index (Phi) is 6.43. The number of likely N-dealkylation sites (tertiary alicyclic amines) is 1. The number of H-pyrrole nitrogens is 2. The molecule has 38 heavy (non-hydrogen) atoms. The van der Waals surface area contributed by atoms with Crippen LogP contribution in [0.4, 0.5) is 4.39 Å². The van der Waals surface area contributed by atoms with Crippen molar-refractivity contribution in [2.24, 2.45) is 0 Å². The molecule has 0 radical (unpaired) electrons. The van der Waals surface area contributed by atoms with Gasteiger partial charge in [-0.2, -0.15) is 5.10 Å². The van der Waals surface area contributed by atoms with E-state index in [1.165, 1.54) is 30.5 Å². The predicted octanol–water partition coefficient (Wildman–Crippen LogP) is 6.92. The van der Waals surface area contributed by atoms with Crippen LogP contribution in [0.15, 0.2) is 85.1 Å². The van der Waals surface area contributed by atoms with Crippen molar-refractivity contribution in [3.05, 3.63) is 96.6 Å². The Labute approximate surface area is 220 Å². The largest absolute Gasteiger partial charge is 0.353 e. The van der Waals surface area contributed by atoms with E-state index in [0.29, 0.717) is 0 Å². The molecule has 0 bridgehead atoms. The fraction of sp³-hybridized carbons (Fsp3) is 0.194. The van der Waals surface area contributed by atoms with Gasteiger partial charge in [0, 0.05) is 29.2 Å². The predicted molar refractivity (Wildman–Crippen MR) is 152 cm³/mol. The molecule has 1 aliphatic rings. The molecule has 0 spiro atoms. The standard InChI is InChI=1S/C31H29FN6/c1-3-20(19-38-15-5-6-16-38)17-21(4-2)25-11-12-27-30(35-25)31(37-36-27)28-18-24-26(34-28)13-14-33-29(24)22-7-9-23(32)10-8-22/h3-4,7-14,17-18,34H,1,5-6,15-16,19H2,2H3,(H,36,37)/b20-17+,21-4+. The summed E-state index contributed by atoms with van der Waals surface area (Å²) in [7, 11) is 0. The first-order valence-corrected chi connectivity index (χ1v) is 12.9. The third-order valence-corrected chi connectivity index (χ3v) is 7.14. The van der Waals surface area contributed by atoms with Crippen molar-refractivity contribution in [3.8, 4) is 22.6 Å². The Morgan fingerprint density at radius 3 is 2.63 bits per heavy atom. The van der Waals surface area contributed by atoms with Crippen LogP contribution < -0.4 is 0 Å². The fourth-order valence-electron chi connectivity index (χ4n) is 5.14. The van der Waals surface area contributed by atoms with Gasteiger partial charge in [-0.1, -0.05) is 18.7 Å². The van der Waals surface area contributed by atoms with Crippen molar-refractivity contribution in [2.75, 3.05) is 19.6 Å². The number of nitrogens with zero attached hydrogens (tertiary/aromatic N) is 4. The van der Waals surface area contributed by atoms with E-state index in [2.05, 4.69) is 43.8 Å². The highest BCUT2D eigenvalue weighted by atomic mass is 19.1. The quantitative estimate of drug-likeness (QED) is 0.236. The SMILES string of the molecule is C=C/C(=C\C(=C/C)c1ccc2[nH]nc(-c3cc4c(-c5ccc(F)cc5)nccc4[nH]3)c2n1)CN1CCCC1. The average molecular weight is 505 g/mol. The molecular weight excluding hydrogens is 475 g/mol. The Balaban J connectivity index is 1.38. The summed E-state index contributed by atoms with van der Waals surface area (Å²) in [5, 5.41) is 8.66. The lowest BCUT2D eigenvalue weighted by atomic mass is 10.1. The molecule has 1 saturated heterocycles. The number of aromatic amines is 2. The van der Waals surface area contributed by atoms with E-state index in [0.717, 1.165) is 75.5 Å². The number of nitrogens with one attached hydrogen (secondary N) is 2. The Morgan fingerprint density at radius 2 is 1.87 bits per heavy atom. The summed E-state index contributed by atoms with van der Waals surface area (Å²) in [4.78, 5) is 15.5. The molecule has 6 nitrogen and oxygen atoms in total. The van der Waals surface area contributed by atoms with Gasteiger partial charge in [-0.3, -0.25) is 15.0 Å². The second-order valence-corrected chi connectivity index (χ2v) is 9.63. The van der Waals surface area contributed by atoms with Gasteiger partial charge in [0.1, 0.15) is 17.0 Å². The van der Waals surface area contributed by atoms with Crippen LogP contribution in [-0.4, -0.2) is 49.7 Å². The zero-order chi connectivity index (χ0) is 26.1. The molecule has 0 atom stereocenters. The molecule has 1 fully saturated rings. The maximum absolute atomic E-state index is 13.5. The van der Waals surface area contributed by atoms with Crippen LogP contribution in [0.25, 0.3) is 50.2 Å². The molecule has 1 aromatic carbocycles. The number of aromatic nitrogens is 5. The van der Waals surface area contributed by atoms with E-state index >= 15 is 0 Å². The van der Waals surface area contributed by atoms with Crippen LogP contribution >= 0.6 is 0 Å². The van der Waals surface area contributed by atoms with Gasteiger partial charge in [0.2, 0.25) is 0 Å². The Bertz CT molecular complexity index is 1680. The minimum Gasteiger partial charge on any atom is -0.353 e. The average Bonchev–Trinajstić information content (AvgIpc) is 3.70. The second kappa shape index (κ2) is 10.2. The van der Waals surface area contributed by atoms with Gasteiger partial charge in [-0.25, -0.2) is 9.37 Å². The van der Waals surface area contributed by atoms with E-state index in [-0.39, 0.29) is 5.82 Å². The number of benzene rings is 1. The third kappa shape index (κ3) is 4.57. The smallest absolute Gasteiger partial charge is 0.135 e. The minimum absolute atomic E-state index is 0.271. The first-order valence-electron chi connectivity index (χ1n) is 12.9. The molecule has 0 aliphatic carbocycles. The van der Waals surface area contributed by atoms with Crippen molar-refractivity contribution in [1.29, 1.82) is 0 Å². The summed E-state index contributed by atoms with van der Waals surface area (Å²) in [6.45, 7) is 9.27. The van der Waals surface area contributed by atoms with Gasteiger partial charge < -0.3 is 4.98 Å². The number of allylic oxidation sites excluding steroid dienone is 3. The zero-order valence-electron chi connectivity index (χ0n) is 21.3. The lowest BCUT2D eigenvalue weighted by Gasteiger charge is -2.15. The highest BCUT2D eigenvalue weighted by Gasteiger charge is 2.17. The van der Waals surface area contributed by atoms with E-state index in [4.69, 9.17) is 4.98 Å².